The number of amides is 2. The Bertz CT molecular complexity index is 835. The number of hydrogen-bond acceptors (Lipinski definition) is 4. The van der Waals surface area contributed by atoms with Crippen LogP contribution < -0.4 is 5.32 Å². The van der Waals surface area contributed by atoms with Gasteiger partial charge in [0.25, 0.3) is 5.91 Å². The first kappa shape index (κ1) is 21.2. The lowest BCUT2D eigenvalue weighted by Gasteiger charge is -2.31. The second-order valence-corrected chi connectivity index (χ2v) is 6.73. The van der Waals surface area contributed by atoms with Gasteiger partial charge in [-0.25, -0.2) is 0 Å². The van der Waals surface area contributed by atoms with E-state index in [1.807, 2.05) is 37.3 Å². The maximum atomic E-state index is 13.3. The van der Waals surface area contributed by atoms with Crippen LogP contribution in [0.5, 0.6) is 0 Å². The van der Waals surface area contributed by atoms with Gasteiger partial charge in [0.2, 0.25) is 5.91 Å². The summed E-state index contributed by atoms with van der Waals surface area (Å²) in [7, 11) is 1.34. The van der Waals surface area contributed by atoms with E-state index >= 15 is 0 Å². The molecule has 2 aromatic carbocycles. The molecule has 0 radical (unpaired) electrons. The van der Waals surface area contributed by atoms with Crippen molar-refractivity contribution in [3.05, 3.63) is 65.7 Å². The number of benzene rings is 2. The Hall–Kier alpha value is -3.15. The van der Waals surface area contributed by atoms with Gasteiger partial charge in [-0.15, -0.1) is 0 Å². The molecule has 0 aliphatic carbocycles. The van der Waals surface area contributed by atoms with Crippen molar-refractivity contribution in [2.75, 3.05) is 19.0 Å². The fraction of sp³-hybridized carbons (Fsp3) is 0.318. The van der Waals surface area contributed by atoms with Crippen molar-refractivity contribution >= 4 is 23.5 Å². The molecule has 6 nitrogen and oxygen atoms in total. The minimum atomic E-state index is -0.473. The van der Waals surface area contributed by atoms with E-state index in [9.17, 15) is 14.4 Å². The van der Waals surface area contributed by atoms with Gasteiger partial charge in [-0.3, -0.25) is 14.4 Å². The Morgan fingerprint density at radius 1 is 1.04 bits per heavy atom. The second-order valence-electron chi connectivity index (χ2n) is 6.73. The molecule has 0 spiro atoms. The molecule has 2 aromatic rings. The largest absolute Gasteiger partial charge is 0.469 e. The summed E-state index contributed by atoms with van der Waals surface area (Å²) in [6.45, 7) is 5.29. The van der Waals surface area contributed by atoms with Crippen molar-refractivity contribution in [2.45, 2.75) is 26.8 Å². The Balaban J connectivity index is 2.35. The van der Waals surface area contributed by atoms with Gasteiger partial charge in [0.15, 0.2) is 0 Å². The Morgan fingerprint density at radius 2 is 1.71 bits per heavy atom. The third-order valence-corrected chi connectivity index (χ3v) is 4.51. The van der Waals surface area contributed by atoms with Crippen LogP contribution in [0.1, 0.15) is 42.7 Å². The lowest BCUT2D eigenvalue weighted by Crippen LogP contribution is -2.39. The molecule has 0 saturated heterocycles. The lowest BCUT2D eigenvalue weighted by atomic mass is 10.0. The molecule has 0 aliphatic heterocycles. The van der Waals surface area contributed by atoms with Crippen LogP contribution >= 0.6 is 0 Å². The first-order valence-corrected chi connectivity index (χ1v) is 9.15. The average molecular weight is 382 g/mol. The smallest absolute Gasteiger partial charge is 0.310 e. The molecule has 0 aromatic heterocycles. The number of carbonyl (C=O) groups is 3. The maximum Gasteiger partial charge on any atom is 0.310 e. The van der Waals surface area contributed by atoms with E-state index < -0.39 is 5.92 Å². The first-order valence-electron chi connectivity index (χ1n) is 9.15. The molecule has 0 bridgehead atoms. The summed E-state index contributed by atoms with van der Waals surface area (Å²) in [6, 6.07) is 16.2. The van der Waals surface area contributed by atoms with Gasteiger partial charge >= 0.3 is 5.97 Å². The van der Waals surface area contributed by atoms with Crippen LogP contribution in [0.2, 0.25) is 0 Å². The third kappa shape index (κ3) is 5.42. The first-order chi connectivity index (χ1) is 13.3. The predicted molar refractivity (Wildman–Crippen MR) is 108 cm³/mol. The highest BCUT2D eigenvalue weighted by atomic mass is 16.5. The fourth-order valence-electron chi connectivity index (χ4n) is 3.00. The number of nitrogens with one attached hydrogen (secondary N) is 1. The second kappa shape index (κ2) is 9.69. The topological polar surface area (TPSA) is 75.7 Å². The van der Waals surface area contributed by atoms with Crippen molar-refractivity contribution in [1.82, 2.24) is 4.90 Å². The van der Waals surface area contributed by atoms with E-state index in [1.54, 1.807) is 36.1 Å². The summed E-state index contributed by atoms with van der Waals surface area (Å²) in [4.78, 5) is 38.2. The molecule has 0 aliphatic rings. The summed E-state index contributed by atoms with van der Waals surface area (Å²) in [6.07, 6.45) is 0. The highest BCUT2D eigenvalue weighted by molar-refractivity contribution is 5.97. The number of nitrogens with zero attached hydrogens (tertiary/aromatic N) is 1. The van der Waals surface area contributed by atoms with Crippen molar-refractivity contribution in [1.29, 1.82) is 0 Å². The summed E-state index contributed by atoms with van der Waals surface area (Å²) < 4.78 is 4.82. The number of hydrogen-bond donors (Lipinski definition) is 1. The number of anilines is 1. The van der Waals surface area contributed by atoms with E-state index in [0.29, 0.717) is 11.3 Å². The third-order valence-electron chi connectivity index (χ3n) is 4.51. The van der Waals surface area contributed by atoms with Crippen LogP contribution in [0.25, 0.3) is 0 Å². The number of carbonyl (C=O) groups excluding carboxylic acids is 3. The SMILES string of the molecule is COC(=O)C(C)CN(C(=O)c1cccc(NC(C)=O)c1)C(C)c1ccccc1. The molecule has 0 heterocycles. The minimum Gasteiger partial charge on any atom is -0.469 e. The minimum absolute atomic E-state index is 0.210. The zero-order valence-corrected chi connectivity index (χ0v) is 16.6. The van der Waals surface area contributed by atoms with E-state index in [0.717, 1.165) is 5.56 Å². The molecule has 2 atom stereocenters. The predicted octanol–water partition coefficient (Wildman–Crippen LogP) is 3.66. The van der Waals surface area contributed by atoms with Crippen LogP contribution in [0.15, 0.2) is 54.6 Å². The zero-order valence-electron chi connectivity index (χ0n) is 16.6. The number of rotatable bonds is 7. The van der Waals surface area contributed by atoms with E-state index in [1.165, 1.54) is 14.0 Å². The Morgan fingerprint density at radius 3 is 2.32 bits per heavy atom. The Kier molecular flexibility index (Phi) is 7.32. The maximum absolute atomic E-state index is 13.3. The summed E-state index contributed by atoms with van der Waals surface area (Å²) in [5.74, 6) is -1.28. The highest BCUT2D eigenvalue weighted by Crippen LogP contribution is 2.24. The van der Waals surface area contributed by atoms with Gasteiger partial charge < -0.3 is 15.0 Å². The molecule has 6 heteroatoms. The van der Waals surface area contributed by atoms with Gasteiger partial charge in [0.05, 0.1) is 19.1 Å². The van der Waals surface area contributed by atoms with Gasteiger partial charge in [0, 0.05) is 24.7 Å². The molecular formula is C22H26N2O4. The van der Waals surface area contributed by atoms with Crippen LogP contribution in [-0.4, -0.2) is 36.3 Å². The van der Waals surface area contributed by atoms with Gasteiger partial charge in [-0.1, -0.05) is 43.3 Å². The lowest BCUT2D eigenvalue weighted by molar-refractivity contribution is -0.145. The van der Waals surface area contributed by atoms with E-state index in [-0.39, 0.29) is 30.4 Å². The quantitative estimate of drug-likeness (QED) is 0.742. The molecular weight excluding hydrogens is 356 g/mol. The molecule has 1 N–H and O–H groups in total. The molecule has 2 rings (SSSR count). The number of methoxy groups -OCH3 is 1. The summed E-state index contributed by atoms with van der Waals surface area (Å²) >= 11 is 0. The molecule has 28 heavy (non-hydrogen) atoms. The summed E-state index contributed by atoms with van der Waals surface area (Å²) in [5, 5.41) is 2.68. The number of ether oxygens (including phenoxy) is 1. The van der Waals surface area contributed by atoms with Gasteiger partial charge in [-0.2, -0.15) is 0 Å². The average Bonchev–Trinajstić information content (AvgIpc) is 2.70. The van der Waals surface area contributed by atoms with Crippen LogP contribution in [0, 0.1) is 5.92 Å². The molecule has 148 valence electrons. The van der Waals surface area contributed by atoms with Crippen LogP contribution in [0.3, 0.4) is 0 Å². The molecule has 0 fully saturated rings. The monoisotopic (exact) mass is 382 g/mol. The molecule has 2 amide bonds. The van der Waals surface area contributed by atoms with Crippen molar-refractivity contribution < 1.29 is 19.1 Å². The zero-order chi connectivity index (χ0) is 20.7. The number of esters is 1. The highest BCUT2D eigenvalue weighted by Gasteiger charge is 2.27. The molecule has 2 unspecified atom stereocenters. The Labute approximate surface area is 165 Å². The van der Waals surface area contributed by atoms with Crippen molar-refractivity contribution in [3.63, 3.8) is 0 Å². The van der Waals surface area contributed by atoms with Gasteiger partial charge in [-0.05, 0) is 30.7 Å². The van der Waals surface area contributed by atoms with Crippen LogP contribution in [0.4, 0.5) is 5.69 Å². The van der Waals surface area contributed by atoms with E-state index in [4.69, 9.17) is 4.74 Å². The standard InChI is InChI=1S/C22H26N2O4/c1-15(22(27)28-4)14-24(16(2)18-9-6-5-7-10-18)21(26)19-11-8-12-20(13-19)23-17(3)25/h5-13,15-16H,14H2,1-4H3,(H,23,25). The van der Waals surface area contributed by atoms with Crippen LogP contribution in [-0.2, 0) is 14.3 Å². The van der Waals surface area contributed by atoms with E-state index in [2.05, 4.69) is 5.32 Å². The molecule has 0 saturated carbocycles. The summed E-state index contributed by atoms with van der Waals surface area (Å²) in [5.41, 5.74) is 1.95. The fourth-order valence-corrected chi connectivity index (χ4v) is 3.00. The van der Waals surface area contributed by atoms with Crippen molar-refractivity contribution in [3.8, 4) is 0 Å². The normalized spacial score (nSPS) is 12.6. The van der Waals surface area contributed by atoms with Crippen molar-refractivity contribution in [2.24, 2.45) is 5.92 Å². The van der Waals surface area contributed by atoms with Gasteiger partial charge in [0.1, 0.15) is 0 Å².